The van der Waals surface area contributed by atoms with Gasteiger partial charge in [0.05, 0.1) is 6.61 Å². The van der Waals surface area contributed by atoms with Crippen LogP contribution >= 0.6 is 0 Å². The molecule has 0 spiro atoms. The minimum atomic E-state index is -0.257. The fraction of sp³-hybridized carbons (Fsp3) is 0.533. The van der Waals surface area contributed by atoms with E-state index in [1.165, 1.54) is 17.2 Å². The highest BCUT2D eigenvalue weighted by atomic mass is 16.5. The second-order valence-electron chi connectivity index (χ2n) is 4.13. The van der Waals surface area contributed by atoms with Gasteiger partial charge in [-0.2, -0.15) is 0 Å². The van der Waals surface area contributed by atoms with E-state index in [0.717, 1.165) is 19.3 Å². The summed E-state index contributed by atoms with van der Waals surface area (Å²) in [5, 5.41) is 0. The number of esters is 1. The highest BCUT2D eigenvalue weighted by Crippen LogP contribution is 2.12. The Morgan fingerprint density at radius 2 is 2.00 bits per heavy atom. The molecule has 96 valence electrons. The van der Waals surface area contributed by atoms with E-state index < -0.39 is 0 Å². The summed E-state index contributed by atoms with van der Waals surface area (Å²) in [7, 11) is 0. The molecule has 0 saturated heterocycles. The lowest BCUT2D eigenvalue weighted by Gasteiger charge is -2.02. The zero-order chi connectivity index (χ0) is 13.1. The third-order valence-electron chi connectivity index (χ3n) is 2.35. The Labute approximate surface area is 105 Å². The Hall–Kier alpha value is -1.31. The van der Waals surface area contributed by atoms with Gasteiger partial charge in [-0.1, -0.05) is 29.4 Å². The molecule has 0 aromatic rings. The molecule has 0 fully saturated rings. The Kier molecular flexibility index (Phi) is 9.12. The van der Waals surface area contributed by atoms with Crippen LogP contribution in [0.4, 0.5) is 0 Å². The standard InChI is InChI=1S/C15H24O2/c1-5-14(10-7-9-13(3)4)11-8-12-15(16)17-6-2/h5,8-9,12H,6-7,10-11H2,1-4H3/b12-8+,14-5-. The van der Waals surface area contributed by atoms with Gasteiger partial charge in [-0.15, -0.1) is 0 Å². The third-order valence-corrected chi connectivity index (χ3v) is 2.35. The SMILES string of the molecule is C/C=C(\C/C=C/C(=O)OCC)CCC=C(C)C. The van der Waals surface area contributed by atoms with Gasteiger partial charge in [0.15, 0.2) is 0 Å². The summed E-state index contributed by atoms with van der Waals surface area (Å²) in [6.07, 6.45) is 10.7. The molecule has 0 aromatic carbocycles. The molecule has 0 aliphatic rings. The summed E-state index contributed by atoms with van der Waals surface area (Å²) >= 11 is 0. The van der Waals surface area contributed by atoms with Gasteiger partial charge in [-0.05, 0) is 47.0 Å². The maximum Gasteiger partial charge on any atom is 0.330 e. The smallest absolute Gasteiger partial charge is 0.330 e. The van der Waals surface area contributed by atoms with Crippen LogP contribution in [0.3, 0.4) is 0 Å². The summed E-state index contributed by atoms with van der Waals surface area (Å²) in [4.78, 5) is 11.1. The van der Waals surface area contributed by atoms with Crippen molar-refractivity contribution in [1.29, 1.82) is 0 Å². The molecule has 0 amide bonds. The maximum atomic E-state index is 11.1. The van der Waals surface area contributed by atoms with Crippen molar-refractivity contribution in [2.45, 2.75) is 47.0 Å². The van der Waals surface area contributed by atoms with Crippen LogP contribution in [-0.4, -0.2) is 12.6 Å². The molecule has 0 atom stereocenters. The molecule has 0 aliphatic heterocycles. The van der Waals surface area contributed by atoms with Crippen LogP contribution in [0.2, 0.25) is 0 Å². The highest BCUT2D eigenvalue weighted by Gasteiger charge is 1.95. The molecule has 0 rings (SSSR count). The molecule has 0 radical (unpaired) electrons. The fourth-order valence-electron chi connectivity index (χ4n) is 1.41. The molecule has 0 N–H and O–H groups in total. The maximum absolute atomic E-state index is 11.1. The molecular formula is C15H24O2. The van der Waals surface area contributed by atoms with Gasteiger partial charge in [-0.3, -0.25) is 0 Å². The van der Waals surface area contributed by atoms with Crippen molar-refractivity contribution >= 4 is 5.97 Å². The first-order chi connectivity index (χ1) is 8.10. The summed E-state index contributed by atoms with van der Waals surface area (Å²) < 4.78 is 4.82. The van der Waals surface area contributed by atoms with Gasteiger partial charge in [-0.25, -0.2) is 4.79 Å². The molecule has 0 aliphatic carbocycles. The van der Waals surface area contributed by atoms with Gasteiger partial charge in [0.25, 0.3) is 0 Å². The van der Waals surface area contributed by atoms with Crippen molar-refractivity contribution in [3.8, 4) is 0 Å². The zero-order valence-corrected chi connectivity index (χ0v) is 11.5. The molecule has 0 heterocycles. The van der Waals surface area contributed by atoms with E-state index in [1.807, 2.05) is 19.9 Å². The Morgan fingerprint density at radius 1 is 1.29 bits per heavy atom. The van der Waals surface area contributed by atoms with Crippen molar-refractivity contribution in [2.75, 3.05) is 6.61 Å². The summed E-state index contributed by atoms with van der Waals surface area (Å²) in [6.45, 7) is 8.49. The molecule has 2 heteroatoms. The molecule has 2 nitrogen and oxygen atoms in total. The number of carbonyl (C=O) groups excluding carboxylic acids is 1. The highest BCUT2D eigenvalue weighted by molar-refractivity contribution is 5.81. The van der Waals surface area contributed by atoms with E-state index in [9.17, 15) is 4.79 Å². The van der Waals surface area contributed by atoms with Crippen LogP contribution in [0.5, 0.6) is 0 Å². The van der Waals surface area contributed by atoms with Crippen LogP contribution in [0.25, 0.3) is 0 Å². The van der Waals surface area contributed by atoms with Gasteiger partial charge in [0.2, 0.25) is 0 Å². The van der Waals surface area contributed by atoms with Crippen LogP contribution in [-0.2, 0) is 9.53 Å². The average Bonchev–Trinajstić information content (AvgIpc) is 2.27. The lowest BCUT2D eigenvalue weighted by atomic mass is 10.1. The van der Waals surface area contributed by atoms with E-state index in [0.29, 0.717) is 6.61 Å². The van der Waals surface area contributed by atoms with E-state index >= 15 is 0 Å². The van der Waals surface area contributed by atoms with Crippen molar-refractivity contribution < 1.29 is 9.53 Å². The number of ether oxygens (including phenoxy) is 1. The molecular weight excluding hydrogens is 212 g/mol. The number of hydrogen-bond acceptors (Lipinski definition) is 2. The van der Waals surface area contributed by atoms with Crippen molar-refractivity contribution in [2.24, 2.45) is 0 Å². The average molecular weight is 236 g/mol. The summed E-state index contributed by atoms with van der Waals surface area (Å²) in [6, 6.07) is 0. The van der Waals surface area contributed by atoms with Crippen LogP contribution < -0.4 is 0 Å². The Morgan fingerprint density at radius 3 is 2.53 bits per heavy atom. The quantitative estimate of drug-likeness (QED) is 0.376. The zero-order valence-electron chi connectivity index (χ0n) is 11.5. The van der Waals surface area contributed by atoms with E-state index in [2.05, 4.69) is 26.0 Å². The van der Waals surface area contributed by atoms with Gasteiger partial charge in [0.1, 0.15) is 0 Å². The lowest BCUT2D eigenvalue weighted by Crippen LogP contribution is -1.98. The van der Waals surface area contributed by atoms with Gasteiger partial charge in [0, 0.05) is 6.08 Å². The number of hydrogen-bond donors (Lipinski definition) is 0. The van der Waals surface area contributed by atoms with Crippen molar-refractivity contribution in [3.63, 3.8) is 0 Å². The van der Waals surface area contributed by atoms with Crippen molar-refractivity contribution in [1.82, 2.24) is 0 Å². The predicted molar refractivity (Wildman–Crippen MR) is 72.8 cm³/mol. The normalized spacial score (nSPS) is 11.6. The number of allylic oxidation sites excluding steroid dienone is 5. The number of rotatable bonds is 7. The second-order valence-corrected chi connectivity index (χ2v) is 4.13. The second kappa shape index (κ2) is 9.88. The van der Waals surface area contributed by atoms with Gasteiger partial charge >= 0.3 is 5.97 Å². The Bertz CT molecular complexity index is 305. The Balaban J connectivity index is 3.99. The molecule has 0 aromatic heterocycles. The topological polar surface area (TPSA) is 26.3 Å². The first-order valence-electron chi connectivity index (χ1n) is 6.20. The summed E-state index contributed by atoms with van der Waals surface area (Å²) in [5.74, 6) is -0.257. The predicted octanol–water partition coefficient (Wildman–Crippen LogP) is 4.19. The third kappa shape index (κ3) is 9.61. The minimum Gasteiger partial charge on any atom is -0.463 e. The van der Waals surface area contributed by atoms with E-state index in [-0.39, 0.29) is 5.97 Å². The minimum absolute atomic E-state index is 0.257. The number of carbonyl (C=O) groups is 1. The van der Waals surface area contributed by atoms with Crippen LogP contribution in [0.15, 0.2) is 35.5 Å². The molecule has 17 heavy (non-hydrogen) atoms. The molecule has 0 saturated carbocycles. The van der Waals surface area contributed by atoms with E-state index in [1.54, 1.807) is 0 Å². The molecule has 0 bridgehead atoms. The van der Waals surface area contributed by atoms with E-state index in [4.69, 9.17) is 4.74 Å². The fourth-order valence-corrected chi connectivity index (χ4v) is 1.41. The van der Waals surface area contributed by atoms with Crippen molar-refractivity contribution in [3.05, 3.63) is 35.5 Å². The largest absolute Gasteiger partial charge is 0.463 e. The monoisotopic (exact) mass is 236 g/mol. The molecule has 0 unspecified atom stereocenters. The lowest BCUT2D eigenvalue weighted by molar-refractivity contribution is -0.137. The summed E-state index contributed by atoms with van der Waals surface area (Å²) in [5.41, 5.74) is 2.70. The van der Waals surface area contributed by atoms with Gasteiger partial charge < -0.3 is 4.74 Å². The van der Waals surface area contributed by atoms with Crippen LogP contribution in [0, 0.1) is 0 Å². The first kappa shape index (κ1) is 15.7. The van der Waals surface area contributed by atoms with Crippen LogP contribution in [0.1, 0.15) is 47.0 Å². The first-order valence-corrected chi connectivity index (χ1v) is 6.20.